The van der Waals surface area contributed by atoms with Gasteiger partial charge in [0.15, 0.2) is 47.7 Å². The molecule has 8 bridgehead atoms. The van der Waals surface area contributed by atoms with E-state index >= 15 is 0 Å². The van der Waals surface area contributed by atoms with Gasteiger partial charge in [-0.15, -0.1) is 0 Å². The minimum absolute atomic E-state index is 0.000706. The van der Waals surface area contributed by atoms with Crippen LogP contribution in [0, 0.1) is 65.3 Å². The van der Waals surface area contributed by atoms with Gasteiger partial charge in [0.1, 0.15) is 12.2 Å². The molecule has 8 aliphatic carbocycles. The number of carboxylic acids is 4. The Balaban J connectivity index is 0.000000219. The number of unbranched alkanes of at least 4 members (excludes halogenated alkanes) is 4. The van der Waals surface area contributed by atoms with Crippen LogP contribution < -0.4 is 46.5 Å². The third kappa shape index (κ3) is 36.4. The van der Waals surface area contributed by atoms with Gasteiger partial charge in [0, 0.05) is 24.8 Å². The van der Waals surface area contributed by atoms with Crippen LogP contribution in [-0.4, -0.2) is 101 Å². The number of hydrogen-bond acceptors (Lipinski definition) is 14. The number of quaternary nitrogens is 1. The number of carbonyl (C=O) groups is 6. The lowest BCUT2D eigenvalue weighted by Crippen LogP contribution is -3.61. The first-order chi connectivity index (χ1) is 65.2. The van der Waals surface area contributed by atoms with Crippen molar-refractivity contribution in [2.24, 2.45) is 58.2 Å². The van der Waals surface area contributed by atoms with Gasteiger partial charge in [-0.1, -0.05) is 257 Å². The summed E-state index contributed by atoms with van der Waals surface area (Å²) < 4.78 is 82.8. The number of ether oxygens (including phenoxy) is 2. The number of nitrogens with one attached hydrogen (secondary N) is 1. The molecule has 0 saturated heterocycles. The highest BCUT2D eigenvalue weighted by Gasteiger charge is 2.58. The molecule has 0 heterocycles. The lowest BCUT2D eigenvalue weighted by atomic mass is 9.49. The van der Waals surface area contributed by atoms with E-state index in [0.717, 1.165) is 38.5 Å². The molecule has 3 N–H and O–H groups in total. The maximum absolute atomic E-state index is 12.8. The normalized spacial score (nSPS) is 20.6. The molecule has 4 atom stereocenters. The molecule has 8 fully saturated rings. The number of esters is 2. The van der Waals surface area contributed by atoms with Crippen molar-refractivity contribution in [1.29, 1.82) is 0 Å². The third-order valence-corrected chi connectivity index (χ3v) is 34.1. The Bertz CT molecular complexity index is 4640. The fourth-order valence-corrected chi connectivity index (χ4v) is 25.7. The van der Waals surface area contributed by atoms with Crippen molar-refractivity contribution >= 4 is 57.6 Å². The third-order valence-electron chi connectivity index (χ3n) is 27.0. The molecule has 8 aromatic rings. The minimum atomic E-state index is -5.19. The summed E-state index contributed by atoms with van der Waals surface area (Å²) in [5, 5.41) is 57.1. The van der Waals surface area contributed by atoms with Crippen molar-refractivity contribution in [3.05, 3.63) is 248 Å². The summed E-state index contributed by atoms with van der Waals surface area (Å²) >= 11 is -0.0703. The average Bonchev–Trinajstić information content (AvgIpc) is 0.741. The Labute approximate surface area is 840 Å². The molecular formula is C115H152F6INO14S2. The van der Waals surface area contributed by atoms with Crippen LogP contribution in [0.4, 0.5) is 26.3 Å². The molecule has 15 nitrogen and oxygen atoms in total. The van der Waals surface area contributed by atoms with E-state index in [1.165, 1.54) is 156 Å². The summed E-state index contributed by atoms with van der Waals surface area (Å²) in [7, 11) is -0.0643. The number of aliphatic carboxylic acids is 4. The van der Waals surface area contributed by atoms with Crippen molar-refractivity contribution in [3.8, 4) is 0 Å². The van der Waals surface area contributed by atoms with E-state index < -0.39 is 59.6 Å². The smallest absolute Gasteiger partial charge is 0.422 e. The summed E-state index contributed by atoms with van der Waals surface area (Å²) in [5.74, 6) is -3.58. The fraction of sp³-hybridized carbons (Fsp3) is 0.530. The molecule has 762 valence electrons. The summed E-state index contributed by atoms with van der Waals surface area (Å²) in [6, 6.07) is 81.3. The van der Waals surface area contributed by atoms with E-state index in [9.17, 15) is 75.5 Å². The predicted octanol–water partition coefficient (Wildman–Crippen LogP) is 17.9. The summed E-state index contributed by atoms with van der Waals surface area (Å²) in [4.78, 5) is 76.4. The van der Waals surface area contributed by atoms with Gasteiger partial charge >= 0.3 is 45.5 Å². The largest absolute Gasteiger partial charge is 0.550 e. The van der Waals surface area contributed by atoms with Crippen LogP contribution >= 0.6 is 0 Å². The van der Waals surface area contributed by atoms with Crippen LogP contribution in [-0.2, 0) is 76.3 Å². The van der Waals surface area contributed by atoms with E-state index in [2.05, 4.69) is 308 Å². The second kappa shape index (κ2) is 53.7. The van der Waals surface area contributed by atoms with Gasteiger partial charge in [0.25, 0.3) is 0 Å². The van der Waals surface area contributed by atoms with Gasteiger partial charge in [-0.05, 0) is 294 Å². The molecule has 0 spiro atoms. The quantitative estimate of drug-likeness (QED) is 0.0124. The van der Waals surface area contributed by atoms with E-state index in [1.54, 1.807) is 0 Å². The van der Waals surface area contributed by atoms with Gasteiger partial charge in [-0.3, -0.25) is 9.59 Å². The summed E-state index contributed by atoms with van der Waals surface area (Å²) in [5.41, 5.74) is -3.25. The highest BCUT2D eigenvalue weighted by molar-refractivity contribution is 7.97. The van der Waals surface area contributed by atoms with Crippen LogP contribution in [0.15, 0.2) is 254 Å². The first kappa shape index (κ1) is 117. The molecule has 0 aliphatic heterocycles. The van der Waals surface area contributed by atoms with E-state index in [4.69, 9.17) is 19.7 Å². The Kier molecular flexibility index (Phi) is 45.4. The van der Waals surface area contributed by atoms with Gasteiger partial charge in [0.2, 0.25) is 0 Å². The maximum atomic E-state index is 12.8. The first-order valence-electron chi connectivity index (χ1n) is 49.5. The zero-order chi connectivity index (χ0) is 103. The maximum Gasteiger partial charge on any atom is 0.422 e. The van der Waals surface area contributed by atoms with Crippen LogP contribution in [0.5, 0.6) is 0 Å². The van der Waals surface area contributed by atoms with Crippen molar-refractivity contribution in [1.82, 2.24) is 0 Å². The molecule has 0 radical (unpaired) electrons. The molecule has 16 rings (SSSR count). The van der Waals surface area contributed by atoms with Crippen molar-refractivity contribution in [3.63, 3.8) is 0 Å². The SMILES string of the molecule is CC(C)(C)c1ccc([I+]c2ccc(C(C)(C)C)cc2)cc1.CC(C)(C)c1ccc([S+](c2ccccc2)c2ccccc2)cc1.CC(C)C(CC(=O)[O-])OC(=O)C12CC3CC(CC(C3)C1)C2.CC(C)C(CC(=O)[O-])OC(=O)C12CC3CC(CC(C3)C1)C2.CC(O)(C(=O)[O-])C(F)(F)F.CC(O)(C(=O)[O-])C(F)(F)F.CCCCC[NH+](CCCC)CCCC.c1ccc([S+](c2ccccc2)c2ccccc2)cc1. The summed E-state index contributed by atoms with van der Waals surface area (Å²) in [6.07, 6.45) is 11.2. The van der Waals surface area contributed by atoms with Crippen molar-refractivity contribution in [2.45, 2.75) is 341 Å². The lowest BCUT2D eigenvalue weighted by molar-refractivity contribution is -0.900. The van der Waals surface area contributed by atoms with E-state index in [1.807, 2.05) is 32.6 Å². The molecule has 24 heteroatoms. The van der Waals surface area contributed by atoms with Crippen LogP contribution in [0.2, 0.25) is 0 Å². The van der Waals surface area contributed by atoms with Crippen LogP contribution in [0.1, 0.15) is 276 Å². The lowest BCUT2D eigenvalue weighted by Gasteiger charge is -2.55. The van der Waals surface area contributed by atoms with Gasteiger partial charge in [-0.25, -0.2) is 0 Å². The highest BCUT2D eigenvalue weighted by atomic mass is 127. The monoisotopic (exact) mass is 2080 g/mol. The highest BCUT2D eigenvalue weighted by Crippen LogP contribution is 2.62. The zero-order valence-corrected chi connectivity index (χ0v) is 88.7. The Morgan fingerprint density at radius 3 is 0.777 bits per heavy atom. The molecule has 139 heavy (non-hydrogen) atoms. The number of aliphatic hydroxyl groups is 2. The molecule has 8 aliphatic rings. The average molecular weight is 2080 g/mol. The van der Waals surface area contributed by atoms with Crippen molar-refractivity contribution in [2.75, 3.05) is 19.6 Å². The molecule has 8 saturated carbocycles. The second-order valence-electron chi connectivity index (χ2n) is 42.6. The topological polar surface area (TPSA) is 258 Å². The first-order valence-corrected chi connectivity index (χ1v) is 54.1. The number of hydrogen-bond donors (Lipinski definition) is 3. The summed E-state index contributed by atoms with van der Waals surface area (Å²) in [6.45, 7) is 39.3. The molecule has 4 unspecified atom stereocenters. The number of rotatable bonds is 30. The number of carbonyl (C=O) groups excluding carboxylic acids is 6. The minimum Gasteiger partial charge on any atom is -0.550 e. The number of alkyl halides is 6. The van der Waals surface area contributed by atoms with E-state index in [-0.39, 0.29) is 121 Å². The van der Waals surface area contributed by atoms with Gasteiger partial charge in [-0.2, -0.15) is 26.3 Å². The Morgan fingerprint density at radius 1 is 0.360 bits per heavy atom. The Hall–Kier alpha value is -8.53. The second-order valence-corrected chi connectivity index (χ2v) is 49.7. The number of halogens is 7. The Morgan fingerprint density at radius 2 is 0.583 bits per heavy atom. The molecule has 8 aromatic carbocycles. The van der Waals surface area contributed by atoms with Crippen LogP contribution in [0.25, 0.3) is 0 Å². The molecular weight excluding hydrogens is 1920 g/mol. The van der Waals surface area contributed by atoms with Gasteiger partial charge < -0.3 is 64.2 Å². The standard InChI is InChI=1S/C22H23S.C20H26I.C18H15S.2C17H26O4.C13H29N.2C4H5F3O3/c1-22(2,3)18-14-16-21(17-15-18)23(19-10-6-4-7-11-19)20-12-8-5-9-13-20;1-19(2,3)15-7-11-17(12-8-15)21-18-13-9-16(10-14-18)20(4,5)6;1-4-10-16(11-5-1)19(17-12-6-2-7-13-17)18-14-8-3-9-15-18;2*1-10(2)14(6-15(18)19)21-16(20)17-7-11-3-12(8-17)5-13(4-11)9-17;1-4-7-10-13-14(11-8-5-2)12-9-6-3;2*1-3(10,2(8)9)4(5,6)7/h4-17H,1-3H3;7-14H,1-6H3;1-15H;2*10-14H,3-9H2,1-2H3,(H,18,19);4-13H2,1-3H3;2*10H,1H3,(H,8,9)/q3*+1;;;;;/p-3. The molecule has 0 amide bonds. The van der Waals surface area contributed by atoms with Crippen LogP contribution in [0.3, 0.4) is 0 Å². The van der Waals surface area contributed by atoms with Gasteiger partial charge in [0.05, 0.1) is 64.2 Å². The number of carboxylic acid groups (broad SMARTS) is 4. The molecule has 0 aromatic heterocycles. The number of benzene rings is 8. The van der Waals surface area contributed by atoms with Crippen molar-refractivity contribution < 1.29 is 121 Å². The fourth-order valence-electron chi connectivity index (χ4n) is 19.3. The van der Waals surface area contributed by atoms with E-state index in [0.29, 0.717) is 35.5 Å². The zero-order valence-electron chi connectivity index (χ0n) is 84.9. The predicted molar refractivity (Wildman–Crippen MR) is 528 cm³/mol.